The van der Waals surface area contributed by atoms with Gasteiger partial charge in [-0.2, -0.15) is 0 Å². The number of unbranched alkanes of at least 4 members (excludes halogenated alkanes) is 1. The van der Waals surface area contributed by atoms with Crippen LogP contribution in [-0.4, -0.2) is 4.98 Å². The summed E-state index contributed by atoms with van der Waals surface area (Å²) < 4.78 is 5.81. The monoisotopic (exact) mass is 275 g/mol. The fourth-order valence-electron chi connectivity index (χ4n) is 1.84. The van der Waals surface area contributed by atoms with Crippen LogP contribution in [0.3, 0.4) is 0 Å². The maximum atomic E-state index is 5.87. The molecule has 0 saturated carbocycles. The van der Waals surface area contributed by atoms with Crippen LogP contribution in [0.4, 0.5) is 0 Å². The predicted molar refractivity (Wildman–Crippen MR) is 78.9 cm³/mol. The Balaban J connectivity index is 2.06. The summed E-state index contributed by atoms with van der Waals surface area (Å²) >= 11 is 5.87. The topological polar surface area (TPSA) is 22.1 Å². The summed E-state index contributed by atoms with van der Waals surface area (Å²) in [4.78, 5) is 4.06. The Kier molecular flexibility index (Phi) is 5.22. The summed E-state index contributed by atoms with van der Waals surface area (Å²) in [5.74, 6) is 1.96. The predicted octanol–water partition coefficient (Wildman–Crippen LogP) is 4.96. The fourth-order valence-corrected chi connectivity index (χ4v) is 2.06. The minimum Gasteiger partial charge on any atom is -0.455 e. The lowest BCUT2D eigenvalue weighted by Gasteiger charge is -2.09. The number of hydrogen-bond donors (Lipinski definition) is 0. The maximum Gasteiger partial charge on any atom is 0.150 e. The molecule has 0 spiro atoms. The maximum absolute atomic E-state index is 5.87. The van der Waals surface area contributed by atoms with E-state index in [1.165, 1.54) is 18.4 Å². The Morgan fingerprint density at radius 2 is 1.95 bits per heavy atom. The SMILES string of the molecule is CCCCc1ccc(Oc2cnccc2CCl)cc1. The van der Waals surface area contributed by atoms with E-state index < -0.39 is 0 Å². The van der Waals surface area contributed by atoms with E-state index >= 15 is 0 Å². The van der Waals surface area contributed by atoms with Crippen molar-refractivity contribution in [1.82, 2.24) is 4.98 Å². The standard InChI is InChI=1S/C16H18ClNO/c1-2-3-4-13-5-7-15(8-6-13)19-16-12-18-10-9-14(16)11-17/h5-10,12H,2-4,11H2,1H3. The van der Waals surface area contributed by atoms with E-state index in [1.807, 2.05) is 18.2 Å². The van der Waals surface area contributed by atoms with E-state index in [9.17, 15) is 0 Å². The van der Waals surface area contributed by atoms with Crippen molar-refractivity contribution in [1.29, 1.82) is 0 Å². The molecule has 2 nitrogen and oxygen atoms in total. The molecule has 0 aliphatic rings. The van der Waals surface area contributed by atoms with Crippen molar-refractivity contribution in [2.75, 3.05) is 0 Å². The highest BCUT2D eigenvalue weighted by atomic mass is 35.5. The third-order valence-electron chi connectivity index (χ3n) is 2.98. The van der Waals surface area contributed by atoms with Gasteiger partial charge >= 0.3 is 0 Å². The van der Waals surface area contributed by atoms with Crippen molar-refractivity contribution in [3.63, 3.8) is 0 Å². The molecule has 0 aliphatic heterocycles. The summed E-state index contributed by atoms with van der Waals surface area (Å²) in [6.45, 7) is 2.20. The first kappa shape index (κ1) is 13.9. The summed E-state index contributed by atoms with van der Waals surface area (Å²) in [5.41, 5.74) is 2.30. The second kappa shape index (κ2) is 7.15. The molecule has 0 N–H and O–H groups in total. The van der Waals surface area contributed by atoms with Crippen LogP contribution >= 0.6 is 11.6 Å². The van der Waals surface area contributed by atoms with Crippen molar-refractivity contribution >= 4 is 11.6 Å². The zero-order valence-corrected chi connectivity index (χ0v) is 11.9. The van der Waals surface area contributed by atoms with E-state index in [4.69, 9.17) is 16.3 Å². The molecule has 19 heavy (non-hydrogen) atoms. The number of halogens is 1. The lowest BCUT2D eigenvalue weighted by Crippen LogP contribution is -1.91. The summed E-state index contributed by atoms with van der Waals surface area (Å²) in [5, 5.41) is 0. The molecule has 0 bridgehead atoms. The largest absolute Gasteiger partial charge is 0.455 e. The number of hydrogen-bond acceptors (Lipinski definition) is 2. The van der Waals surface area contributed by atoms with Crippen LogP contribution in [0.2, 0.25) is 0 Å². The molecule has 2 rings (SSSR count). The van der Waals surface area contributed by atoms with Gasteiger partial charge in [-0.25, -0.2) is 0 Å². The number of rotatable bonds is 6. The highest BCUT2D eigenvalue weighted by Gasteiger charge is 2.04. The first-order valence-corrected chi connectivity index (χ1v) is 7.12. The number of pyridine rings is 1. The minimum absolute atomic E-state index is 0.423. The molecular formula is C16H18ClNO. The first-order valence-electron chi connectivity index (χ1n) is 6.59. The van der Waals surface area contributed by atoms with Gasteiger partial charge in [0.15, 0.2) is 0 Å². The van der Waals surface area contributed by atoms with Gasteiger partial charge in [0.2, 0.25) is 0 Å². The Morgan fingerprint density at radius 3 is 2.63 bits per heavy atom. The average molecular weight is 276 g/mol. The Labute approximate surface area is 119 Å². The van der Waals surface area contributed by atoms with Crippen LogP contribution in [-0.2, 0) is 12.3 Å². The van der Waals surface area contributed by atoms with Crippen molar-refractivity contribution in [3.05, 3.63) is 53.9 Å². The second-order valence-corrected chi connectivity index (χ2v) is 4.73. The number of aryl methyl sites for hydroxylation is 1. The van der Waals surface area contributed by atoms with Crippen LogP contribution in [0.25, 0.3) is 0 Å². The van der Waals surface area contributed by atoms with Crippen molar-refractivity contribution in [3.8, 4) is 11.5 Å². The van der Waals surface area contributed by atoms with Gasteiger partial charge in [-0.05, 0) is 36.6 Å². The van der Waals surface area contributed by atoms with E-state index in [1.54, 1.807) is 12.4 Å². The van der Waals surface area contributed by atoms with Gasteiger partial charge in [0.1, 0.15) is 11.5 Å². The van der Waals surface area contributed by atoms with Crippen LogP contribution in [0.5, 0.6) is 11.5 Å². The van der Waals surface area contributed by atoms with Gasteiger partial charge in [-0.1, -0.05) is 25.5 Å². The van der Waals surface area contributed by atoms with E-state index in [0.717, 1.165) is 23.5 Å². The summed E-state index contributed by atoms with van der Waals surface area (Å²) in [6.07, 6.45) is 6.98. The van der Waals surface area contributed by atoms with Crippen LogP contribution in [0.1, 0.15) is 30.9 Å². The quantitative estimate of drug-likeness (QED) is 0.696. The highest BCUT2D eigenvalue weighted by molar-refractivity contribution is 6.17. The lowest BCUT2D eigenvalue weighted by atomic mass is 10.1. The number of benzene rings is 1. The molecule has 0 radical (unpaired) electrons. The Morgan fingerprint density at radius 1 is 1.16 bits per heavy atom. The molecule has 0 unspecified atom stereocenters. The molecule has 3 heteroatoms. The molecule has 1 heterocycles. The van der Waals surface area contributed by atoms with Crippen molar-refractivity contribution in [2.24, 2.45) is 0 Å². The van der Waals surface area contributed by atoms with Gasteiger partial charge in [0.25, 0.3) is 0 Å². The van der Waals surface area contributed by atoms with E-state index in [2.05, 4.69) is 24.0 Å². The molecule has 100 valence electrons. The van der Waals surface area contributed by atoms with E-state index in [-0.39, 0.29) is 0 Å². The molecule has 1 aromatic carbocycles. The number of aromatic nitrogens is 1. The van der Waals surface area contributed by atoms with Gasteiger partial charge in [0, 0.05) is 11.8 Å². The molecule has 2 aromatic rings. The van der Waals surface area contributed by atoms with Crippen molar-refractivity contribution < 1.29 is 4.74 Å². The van der Waals surface area contributed by atoms with Gasteiger partial charge in [-0.3, -0.25) is 4.98 Å². The third kappa shape index (κ3) is 3.97. The van der Waals surface area contributed by atoms with Crippen LogP contribution in [0.15, 0.2) is 42.7 Å². The fraction of sp³-hybridized carbons (Fsp3) is 0.312. The molecular weight excluding hydrogens is 258 g/mol. The van der Waals surface area contributed by atoms with Crippen LogP contribution in [0, 0.1) is 0 Å². The Hall–Kier alpha value is -1.54. The number of nitrogens with zero attached hydrogens (tertiary/aromatic N) is 1. The third-order valence-corrected chi connectivity index (χ3v) is 3.27. The second-order valence-electron chi connectivity index (χ2n) is 4.47. The zero-order valence-electron chi connectivity index (χ0n) is 11.1. The molecule has 0 amide bonds. The normalized spacial score (nSPS) is 10.4. The van der Waals surface area contributed by atoms with Gasteiger partial charge < -0.3 is 4.74 Å². The van der Waals surface area contributed by atoms with Gasteiger partial charge in [0.05, 0.1) is 12.1 Å². The van der Waals surface area contributed by atoms with E-state index in [0.29, 0.717) is 5.88 Å². The van der Waals surface area contributed by atoms with Crippen molar-refractivity contribution in [2.45, 2.75) is 32.1 Å². The first-order chi connectivity index (χ1) is 9.33. The van der Waals surface area contributed by atoms with Crippen LogP contribution < -0.4 is 4.74 Å². The molecule has 0 fully saturated rings. The molecule has 0 aliphatic carbocycles. The lowest BCUT2D eigenvalue weighted by molar-refractivity contribution is 0.475. The zero-order chi connectivity index (χ0) is 13.5. The molecule has 0 atom stereocenters. The van der Waals surface area contributed by atoms with Gasteiger partial charge in [-0.15, -0.1) is 11.6 Å². The smallest absolute Gasteiger partial charge is 0.150 e. The highest BCUT2D eigenvalue weighted by Crippen LogP contribution is 2.25. The minimum atomic E-state index is 0.423. The number of ether oxygens (including phenoxy) is 1. The molecule has 1 aromatic heterocycles. The Bertz CT molecular complexity index is 510. The number of alkyl halides is 1. The average Bonchev–Trinajstić information content (AvgIpc) is 2.47. The summed E-state index contributed by atoms with van der Waals surface area (Å²) in [7, 11) is 0. The summed E-state index contributed by atoms with van der Waals surface area (Å²) in [6, 6.07) is 10.1. The molecule has 0 saturated heterocycles.